The number of thiophene rings is 1. The van der Waals surface area contributed by atoms with Gasteiger partial charge in [0.15, 0.2) is 0 Å². The fourth-order valence-corrected chi connectivity index (χ4v) is 9.78. The molecule has 47 heavy (non-hydrogen) atoms. The predicted octanol–water partition coefficient (Wildman–Crippen LogP) is 7.12. The van der Waals surface area contributed by atoms with Crippen LogP contribution in [0.15, 0.2) is 102 Å². The van der Waals surface area contributed by atoms with Crippen LogP contribution in [0.3, 0.4) is 0 Å². The summed E-state index contributed by atoms with van der Waals surface area (Å²) in [7, 11) is 0. The molecule has 2 aliphatic heterocycles. The Morgan fingerprint density at radius 1 is 0.851 bits per heavy atom. The number of phenols is 1. The number of halogens is 2. The van der Waals surface area contributed by atoms with E-state index in [-0.39, 0.29) is 35.6 Å². The number of phenolic OH excluding ortho intramolecular Hbond substituents is 1. The van der Waals surface area contributed by atoms with E-state index in [0.29, 0.717) is 28.3 Å². The molecule has 2 aliphatic carbocycles. The van der Waals surface area contributed by atoms with Gasteiger partial charge in [0.25, 0.3) is 0 Å². The summed E-state index contributed by atoms with van der Waals surface area (Å²) >= 11 is 14.8. The number of amides is 4. The summed E-state index contributed by atoms with van der Waals surface area (Å²) in [5, 5.41) is 12.9. The van der Waals surface area contributed by atoms with Crippen LogP contribution in [0.2, 0.25) is 10.0 Å². The number of hydrogen-bond donors (Lipinski definition) is 1. The maximum absolute atomic E-state index is 15.2. The molecular formula is C37H28Cl2N2O5S. The van der Waals surface area contributed by atoms with Gasteiger partial charge in [-0.15, -0.1) is 11.3 Å². The molecule has 0 bridgehead atoms. The summed E-state index contributed by atoms with van der Waals surface area (Å²) in [6, 6.07) is 24.4. The number of benzene rings is 3. The number of anilines is 1. The number of imide groups is 2. The van der Waals surface area contributed by atoms with Crippen molar-refractivity contribution < 1.29 is 24.3 Å². The van der Waals surface area contributed by atoms with Gasteiger partial charge in [0.2, 0.25) is 23.6 Å². The summed E-state index contributed by atoms with van der Waals surface area (Å²) in [5.74, 6) is -4.70. The lowest BCUT2D eigenvalue weighted by Gasteiger charge is -2.51. The van der Waals surface area contributed by atoms with E-state index >= 15 is 4.79 Å². The zero-order valence-corrected chi connectivity index (χ0v) is 27.2. The number of carbonyl (C=O) groups excluding carboxylic acids is 4. The van der Waals surface area contributed by atoms with Crippen molar-refractivity contribution in [2.24, 2.45) is 23.7 Å². The maximum atomic E-state index is 15.2. The summed E-state index contributed by atoms with van der Waals surface area (Å²) in [4.78, 5) is 61.5. The number of fused-ring (bicyclic) bond motifs is 4. The number of carbonyl (C=O) groups is 4. The Balaban J connectivity index is 1.35. The van der Waals surface area contributed by atoms with Crippen LogP contribution in [0.4, 0.5) is 5.69 Å². The number of likely N-dealkylation sites (tertiary alicyclic amines) is 1. The number of rotatable bonds is 5. The highest BCUT2D eigenvalue weighted by Crippen LogP contribution is 2.65. The molecule has 3 heterocycles. The largest absolute Gasteiger partial charge is 0.508 e. The van der Waals surface area contributed by atoms with Crippen molar-refractivity contribution >= 4 is 63.9 Å². The molecule has 10 heteroatoms. The molecule has 0 radical (unpaired) electrons. The molecule has 1 saturated carbocycles. The lowest BCUT2D eigenvalue weighted by Crippen LogP contribution is -2.53. The highest BCUT2D eigenvalue weighted by Gasteiger charge is 2.70. The standard InChI is InChI=1S/C37H28Cl2N2O5S/c38-21-8-4-9-22(16-21)41-34(44)29-18-28-25(13-14-27-31(28)35(45)40(33(27)43)19-24-10-5-15-47-24)32(26-12-11-23(42)17-30(26)39)37(29,36(41)46)20-6-2-1-3-7-20/h1-13,15-17,27-29,31-32,42H,14,18-19H2. The summed E-state index contributed by atoms with van der Waals surface area (Å²) in [6.45, 7) is 0.203. The monoisotopic (exact) mass is 682 g/mol. The normalized spacial score (nSPS) is 28.3. The SMILES string of the molecule is O=C1C2CC=C3C(CC4C(=O)N(c5cccc(Cl)c5)C(=O)C4(c4ccccc4)C3c3ccc(O)cc3Cl)C2C(=O)N1Cc1cccs1. The minimum Gasteiger partial charge on any atom is -0.508 e. The molecule has 3 fully saturated rings. The van der Waals surface area contributed by atoms with Crippen molar-refractivity contribution in [2.45, 2.75) is 30.7 Å². The van der Waals surface area contributed by atoms with Gasteiger partial charge in [-0.25, -0.2) is 4.90 Å². The molecule has 236 valence electrons. The first-order chi connectivity index (χ1) is 22.7. The minimum absolute atomic E-state index is 0.0377. The van der Waals surface area contributed by atoms with Crippen molar-refractivity contribution in [3.05, 3.63) is 128 Å². The smallest absolute Gasteiger partial charge is 0.246 e. The molecule has 1 aromatic heterocycles. The first kappa shape index (κ1) is 30.1. The molecule has 4 amide bonds. The Morgan fingerprint density at radius 3 is 2.38 bits per heavy atom. The van der Waals surface area contributed by atoms with Crippen molar-refractivity contribution in [2.75, 3.05) is 4.90 Å². The number of hydrogen-bond acceptors (Lipinski definition) is 6. The van der Waals surface area contributed by atoms with Gasteiger partial charge in [-0.3, -0.25) is 24.1 Å². The van der Waals surface area contributed by atoms with Crippen LogP contribution in [0.5, 0.6) is 5.75 Å². The van der Waals surface area contributed by atoms with Crippen LogP contribution in [-0.2, 0) is 31.1 Å². The Morgan fingerprint density at radius 2 is 1.66 bits per heavy atom. The molecule has 4 aromatic rings. The molecule has 7 nitrogen and oxygen atoms in total. The van der Waals surface area contributed by atoms with Gasteiger partial charge in [0, 0.05) is 20.8 Å². The molecule has 8 rings (SSSR count). The lowest BCUT2D eigenvalue weighted by atomic mass is 9.49. The van der Waals surface area contributed by atoms with E-state index in [2.05, 4.69) is 0 Å². The Hall–Kier alpha value is -4.24. The fraction of sp³-hybridized carbons (Fsp3) is 0.243. The third-order valence-electron chi connectivity index (χ3n) is 10.4. The van der Waals surface area contributed by atoms with Crippen LogP contribution in [0.25, 0.3) is 0 Å². The second kappa shape index (κ2) is 11.2. The zero-order chi connectivity index (χ0) is 32.6. The number of nitrogens with zero attached hydrogens (tertiary/aromatic N) is 2. The molecular weight excluding hydrogens is 655 g/mol. The molecule has 0 spiro atoms. The Labute approximate surface area is 285 Å². The molecule has 1 N–H and O–H groups in total. The van der Waals surface area contributed by atoms with Gasteiger partial charge in [-0.2, -0.15) is 0 Å². The number of aromatic hydroxyl groups is 1. The second-order valence-electron chi connectivity index (χ2n) is 12.6. The van der Waals surface area contributed by atoms with E-state index in [1.165, 1.54) is 33.3 Å². The van der Waals surface area contributed by atoms with Crippen LogP contribution < -0.4 is 4.90 Å². The van der Waals surface area contributed by atoms with Crippen molar-refractivity contribution in [3.8, 4) is 5.75 Å². The van der Waals surface area contributed by atoms with Gasteiger partial charge in [-0.05, 0) is 71.7 Å². The van der Waals surface area contributed by atoms with Gasteiger partial charge in [0.1, 0.15) is 5.75 Å². The van der Waals surface area contributed by atoms with Crippen LogP contribution in [0.1, 0.15) is 34.8 Å². The Kier molecular flexibility index (Phi) is 7.17. The van der Waals surface area contributed by atoms with Crippen LogP contribution in [-0.4, -0.2) is 33.6 Å². The van der Waals surface area contributed by atoms with Crippen LogP contribution in [0, 0.1) is 23.7 Å². The minimum atomic E-state index is -1.43. The van der Waals surface area contributed by atoms with Crippen molar-refractivity contribution in [1.82, 2.24) is 4.90 Å². The maximum Gasteiger partial charge on any atom is 0.246 e. The molecule has 2 saturated heterocycles. The summed E-state index contributed by atoms with van der Waals surface area (Å²) in [5.41, 5.74) is 0.952. The molecule has 6 atom stereocenters. The first-order valence-electron chi connectivity index (χ1n) is 15.5. The van der Waals surface area contributed by atoms with E-state index in [9.17, 15) is 19.5 Å². The highest BCUT2D eigenvalue weighted by molar-refractivity contribution is 7.09. The fourth-order valence-electron chi connectivity index (χ4n) is 8.62. The lowest BCUT2D eigenvalue weighted by molar-refractivity contribution is -0.141. The van der Waals surface area contributed by atoms with E-state index < -0.39 is 46.8 Å². The third kappa shape index (κ3) is 4.38. The Bertz CT molecular complexity index is 2000. The zero-order valence-electron chi connectivity index (χ0n) is 24.9. The van der Waals surface area contributed by atoms with Gasteiger partial charge >= 0.3 is 0 Å². The number of allylic oxidation sites excluding steroid dienone is 2. The summed E-state index contributed by atoms with van der Waals surface area (Å²) < 4.78 is 0. The van der Waals surface area contributed by atoms with E-state index in [1.807, 2.05) is 53.9 Å². The van der Waals surface area contributed by atoms with Gasteiger partial charge in [-0.1, -0.05) is 83.4 Å². The second-order valence-corrected chi connectivity index (χ2v) is 14.5. The van der Waals surface area contributed by atoms with Crippen molar-refractivity contribution in [1.29, 1.82) is 0 Å². The van der Waals surface area contributed by atoms with Crippen LogP contribution >= 0.6 is 34.5 Å². The third-order valence-corrected chi connectivity index (χ3v) is 11.9. The van der Waals surface area contributed by atoms with Gasteiger partial charge in [0.05, 0.1) is 35.4 Å². The van der Waals surface area contributed by atoms with E-state index in [1.54, 1.807) is 30.3 Å². The average molecular weight is 684 g/mol. The molecule has 6 unspecified atom stereocenters. The topological polar surface area (TPSA) is 95.0 Å². The molecule has 4 aliphatic rings. The van der Waals surface area contributed by atoms with E-state index in [4.69, 9.17) is 23.2 Å². The van der Waals surface area contributed by atoms with E-state index in [0.717, 1.165) is 10.5 Å². The average Bonchev–Trinajstić information content (AvgIpc) is 3.73. The molecule has 3 aromatic carbocycles. The quantitative estimate of drug-likeness (QED) is 0.179. The summed E-state index contributed by atoms with van der Waals surface area (Å²) in [6.07, 6.45) is 2.52. The van der Waals surface area contributed by atoms with Gasteiger partial charge < -0.3 is 5.11 Å². The van der Waals surface area contributed by atoms with Crippen molar-refractivity contribution in [3.63, 3.8) is 0 Å². The predicted molar refractivity (Wildman–Crippen MR) is 179 cm³/mol. The first-order valence-corrected chi connectivity index (χ1v) is 17.1. The highest BCUT2D eigenvalue weighted by atomic mass is 35.5.